The van der Waals surface area contributed by atoms with Crippen LogP contribution in [0.15, 0.2) is 24.3 Å². The largest absolute Gasteiger partial charge is 0.465 e. The lowest BCUT2D eigenvalue weighted by atomic mass is 9.83. The Morgan fingerprint density at radius 3 is 2.50 bits per heavy atom. The van der Waals surface area contributed by atoms with E-state index in [9.17, 15) is 4.79 Å². The molecule has 0 spiro atoms. The lowest BCUT2D eigenvalue weighted by molar-refractivity contribution is -0.138. The topological polar surface area (TPSA) is 26.3 Å². The zero-order valence-electron chi connectivity index (χ0n) is 10.4. The van der Waals surface area contributed by atoms with Gasteiger partial charge in [0, 0.05) is 0 Å². The maximum absolute atomic E-state index is 11.4. The van der Waals surface area contributed by atoms with Gasteiger partial charge in [0.15, 0.2) is 0 Å². The van der Waals surface area contributed by atoms with Crippen LogP contribution in [0.5, 0.6) is 0 Å². The molecule has 2 nitrogen and oxygen atoms in total. The molecule has 1 aromatic rings. The molecule has 0 bridgehead atoms. The molecule has 0 saturated heterocycles. The molecule has 0 aliphatic carbocycles. The quantitative estimate of drug-likeness (QED) is 0.730. The summed E-state index contributed by atoms with van der Waals surface area (Å²) in [5, 5.41) is 0. The molecule has 0 amide bonds. The SMILES string of the molecule is CCOC(=O)[CH]c1ccccc1C(C)(C)C. The average Bonchev–Trinajstić information content (AvgIpc) is 2.17. The number of ether oxygens (including phenoxy) is 1. The van der Waals surface area contributed by atoms with E-state index >= 15 is 0 Å². The van der Waals surface area contributed by atoms with Gasteiger partial charge in [-0.1, -0.05) is 45.0 Å². The van der Waals surface area contributed by atoms with Gasteiger partial charge < -0.3 is 4.74 Å². The highest BCUT2D eigenvalue weighted by atomic mass is 16.5. The Labute approximate surface area is 97.6 Å². The van der Waals surface area contributed by atoms with Crippen LogP contribution >= 0.6 is 0 Å². The monoisotopic (exact) mass is 219 g/mol. The smallest absolute Gasteiger partial charge is 0.314 e. The molecule has 0 heterocycles. The van der Waals surface area contributed by atoms with E-state index in [1.54, 1.807) is 13.3 Å². The van der Waals surface area contributed by atoms with Crippen LogP contribution in [0.2, 0.25) is 0 Å². The minimum Gasteiger partial charge on any atom is -0.465 e. The molecular weight excluding hydrogens is 200 g/mol. The summed E-state index contributed by atoms with van der Waals surface area (Å²) in [6, 6.07) is 7.91. The van der Waals surface area contributed by atoms with E-state index in [2.05, 4.69) is 20.8 Å². The van der Waals surface area contributed by atoms with Crippen LogP contribution in [-0.2, 0) is 14.9 Å². The molecule has 0 aromatic heterocycles. The van der Waals surface area contributed by atoms with Crippen LogP contribution in [0.3, 0.4) is 0 Å². The summed E-state index contributed by atoms with van der Waals surface area (Å²) in [6.45, 7) is 8.61. The molecule has 1 radical (unpaired) electrons. The third-order valence-electron chi connectivity index (χ3n) is 2.33. The average molecular weight is 219 g/mol. The Kier molecular flexibility index (Phi) is 4.11. The highest BCUT2D eigenvalue weighted by Gasteiger charge is 2.19. The second kappa shape index (κ2) is 5.15. The number of benzene rings is 1. The number of rotatable bonds is 3. The van der Waals surface area contributed by atoms with Crippen molar-refractivity contribution in [2.45, 2.75) is 33.1 Å². The van der Waals surface area contributed by atoms with E-state index in [0.717, 1.165) is 11.1 Å². The summed E-state index contributed by atoms with van der Waals surface area (Å²) in [7, 11) is 0. The van der Waals surface area contributed by atoms with E-state index in [1.165, 1.54) is 0 Å². The zero-order valence-corrected chi connectivity index (χ0v) is 10.4. The van der Waals surface area contributed by atoms with Gasteiger partial charge in [0.25, 0.3) is 0 Å². The fourth-order valence-corrected chi connectivity index (χ4v) is 1.62. The molecular formula is C14H19O2. The van der Waals surface area contributed by atoms with Crippen molar-refractivity contribution in [3.63, 3.8) is 0 Å². The molecule has 0 aliphatic rings. The van der Waals surface area contributed by atoms with Crippen LogP contribution in [0.25, 0.3) is 0 Å². The van der Waals surface area contributed by atoms with Crippen LogP contribution in [-0.4, -0.2) is 12.6 Å². The van der Waals surface area contributed by atoms with Crippen LogP contribution < -0.4 is 0 Å². The number of esters is 1. The van der Waals surface area contributed by atoms with Crippen molar-refractivity contribution in [1.29, 1.82) is 0 Å². The molecule has 1 aromatic carbocycles. The summed E-state index contributed by atoms with van der Waals surface area (Å²) >= 11 is 0. The molecule has 0 N–H and O–H groups in total. The predicted molar refractivity (Wildman–Crippen MR) is 65.2 cm³/mol. The first-order chi connectivity index (χ1) is 7.45. The normalized spacial score (nSPS) is 11.2. The van der Waals surface area contributed by atoms with Crippen LogP contribution in [0, 0.1) is 6.42 Å². The maximum atomic E-state index is 11.4. The van der Waals surface area contributed by atoms with E-state index in [0.29, 0.717) is 6.61 Å². The van der Waals surface area contributed by atoms with Gasteiger partial charge in [-0.05, 0) is 23.5 Å². The number of carbonyl (C=O) groups excluding carboxylic acids is 1. The number of carbonyl (C=O) groups is 1. The van der Waals surface area contributed by atoms with E-state index in [4.69, 9.17) is 4.74 Å². The van der Waals surface area contributed by atoms with Crippen molar-refractivity contribution in [2.75, 3.05) is 6.61 Å². The van der Waals surface area contributed by atoms with Gasteiger partial charge in [0.2, 0.25) is 0 Å². The van der Waals surface area contributed by atoms with E-state index in [1.807, 2.05) is 24.3 Å². The predicted octanol–water partition coefficient (Wildman–Crippen LogP) is 3.10. The molecule has 0 atom stereocenters. The molecule has 0 saturated carbocycles. The first-order valence-electron chi connectivity index (χ1n) is 5.56. The Bertz CT molecular complexity index is 361. The second-order valence-electron chi connectivity index (χ2n) is 4.73. The molecule has 87 valence electrons. The molecule has 0 fully saturated rings. The Balaban J connectivity index is 2.92. The fraction of sp³-hybridized carbons (Fsp3) is 0.429. The van der Waals surface area contributed by atoms with Gasteiger partial charge in [0.1, 0.15) is 0 Å². The molecule has 2 heteroatoms. The van der Waals surface area contributed by atoms with Crippen molar-refractivity contribution < 1.29 is 9.53 Å². The third kappa shape index (κ3) is 3.37. The lowest BCUT2D eigenvalue weighted by Gasteiger charge is -2.22. The highest BCUT2D eigenvalue weighted by molar-refractivity contribution is 5.83. The highest BCUT2D eigenvalue weighted by Crippen LogP contribution is 2.26. The van der Waals surface area contributed by atoms with Gasteiger partial charge in [-0.15, -0.1) is 0 Å². The molecule has 0 unspecified atom stereocenters. The lowest BCUT2D eigenvalue weighted by Crippen LogP contribution is -2.16. The van der Waals surface area contributed by atoms with Gasteiger partial charge in [-0.2, -0.15) is 0 Å². The Morgan fingerprint density at radius 2 is 1.94 bits per heavy atom. The Morgan fingerprint density at radius 1 is 1.31 bits per heavy atom. The summed E-state index contributed by atoms with van der Waals surface area (Å²) in [5.41, 5.74) is 2.12. The van der Waals surface area contributed by atoms with Gasteiger partial charge in [-0.3, -0.25) is 4.79 Å². The Hall–Kier alpha value is -1.31. The van der Waals surface area contributed by atoms with Gasteiger partial charge >= 0.3 is 5.97 Å². The summed E-state index contributed by atoms with van der Waals surface area (Å²) < 4.78 is 4.92. The standard InChI is InChI=1S/C14H19O2/c1-5-16-13(15)10-11-8-6-7-9-12(11)14(2,3)4/h6-10H,5H2,1-4H3. The fourth-order valence-electron chi connectivity index (χ4n) is 1.62. The van der Waals surface area contributed by atoms with Crippen molar-refractivity contribution in [3.05, 3.63) is 41.8 Å². The summed E-state index contributed by atoms with van der Waals surface area (Å²) in [6.07, 6.45) is 1.56. The summed E-state index contributed by atoms with van der Waals surface area (Å²) in [5.74, 6) is -0.279. The van der Waals surface area contributed by atoms with Crippen molar-refractivity contribution in [1.82, 2.24) is 0 Å². The van der Waals surface area contributed by atoms with Crippen LogP contribution in [0.4, 0.5) is 0 Å². The van der Waals surface area contributed by atoms with Crippen molar-refractivity contribution in [2.24, 2.45) is 0 Å². The second-order valence-corrected chi connectivity index (χ2v) is 4.73. The number of hydrogen-bond donors (Lipinski definition) is 0. The van der Waals surface area contributed by atoms with Crippen molar-refractivity contribution >= 4 is 5.97 Å². The first kappa shape index (κ1) is 12.8. The first-order valence-corrected chi connectivity index (χ1v) is 5.56. The van der Waals surface area contributed by atoms with E-state index in [-0.39, 0.29) is 11.4 Å². The number of hydrogen-bond acceptors (Lipinski definition) is 2. The van der Waals surface area contributed by atoms with Crippen molar-refractivity contribution in [3.8, 4) is 0 Å². The third-order valence-corrected chi connectivity index (χ3v) is 2.33. The van der Waals surface area contributed by atoms with Gasteiger partial charge in [0.05, 0.1) is 13.0 Å². The molecule has 1 rings (SSSR count). The minimum atomic E-state index is -0.279. The summed E-state index contributed by atoms with van der Waals surface area (Å²) in [4.78, 5) is 11.4. The molecule has 16 heavy (non-hydrogen) atoms. The maximum Gasteiger partial charge on any atom is 0.314 e. The molecule has 0 aliphatic heterocycles. The van der Waals surface area contributed by atoms with Gasteiger partial charge in [-0.25, -0.2) is 0 Å². The minimum absolute atomic E-state index is 0.0274. The van der Waals surface area contributed by atoms with Crippen LogP contribution in [0.1, 0.15) is 38.8 Å². The van der Waals surface area contributed by atoms with E-state index < -0.39 is 0 Å². The zero-order chi connectivity index (χ0) is 12.2.